The average molecular weight is 551 g/mol. The zero-order valence-corrected chi connectivity index (χ0v) is 27.6. The average Bonchev–Trinajstić information content (AvgIpc) is 3.73. The molecule has 0 amide bonds. The molecule has 3 heterocycles. The number of hydrogen-bond donors (Lipinski definition) is 3. The van der Waals surface area contributed by atoms with Gasteiger partial charge in [0.15, 0.2) is 0 Å². The Morgan fingerprint density at radius 2 is 0.625 bits per heavy atom. The van der Waals surface area contributed by atoms with Crippen molar-refractivity contribution in [3.63, 3.8) is 0 Å². The van der Waals surface area contributed by atoms with E-state index in [1.165, 1.54) is 50.9 Å². The summed E-state index contributed by atoms with van der Waals surface area (Å²) in [6.07, 6.45) is 6.33. The van der Waals surface area contributed by atoms with Gasteiger partial charge in [0.05, 0.1) is 17.1 Å². The summed E-state index contributed by atoms with van der Waals surface area (Å²) in [6.45, 7) is 27.7. The Morgan fingerprint density at radius 1 is 0.400 bits per heavy atom. The molecule has 224 valence electrons. The Balaban J connectivity index is 2.60. The predicted molar refractivity (Wildman–Crippen MR) is 169 cm³/mol. The van der Waals surface area contributed by atoms with Gasteiger partial charge in [-0.3, -0.25) is 15.3 Å². The van der Waals surface area contributed by atoms with Crippen molar-refractivity contribution in [2.45, 2.75) is 163 Å². The van der Waals surface area contributed by atoms with E-state index in [9.17, 15) is 0 Å². The number of nitrogens with zero attached hydrogens (tertiary/aromatic N) is 3. The van der Waals surface area contributed by atoms with E-state index in [4.69, 9.17) is 15.3 Å². The highest BCUT2D eigenvalue weighted by molar-refractivity contribution is 5.55. The van der Waals surface area contributed by atoms with Crippen molar-refractivity contribution in [1.82, 2.24) is 30.6 Å². The van der Waals surface area contributed by atoms with Gasteiger partial charge in [0, 0.05) is 57.4 Å². The minimum absolute atomic E-state index is 0.0187. The maximum absolute atomic E-state index is 5.09. The van der Waals surface area contributed by atoms with E-state index < -0.39 is 0 Å². The van der Waals surface area contributed by atoms with Gasteiger partial charge in [0.25, 0.3) is 0 Å². The standard InChI is InChI=1S/C34H58N6/c1-13-19(7)29-26(30(36-35-29)20(8)14-2)25(27-31(21(9)15-3)37-38-32(27)22(10)16-4)28-33(23(11)17-5)39-40-34(28)24(12)18-6/h19-25H,13-18H2,1-12H3,(H,35,36)(H,37,38)(H,39,40). The van der Waals surface area contributed by atoms with Crippen LogP contribution in [-0.4, -0.2) is 30.6 Å². The Labute approximate surface area is 244 Å². The van der Waals surface area contributed by atoms with E-state index in [2.05, 4.69) is 98.4 Å². The van der Waals surface area contributed by atoms with Crippen molar-refractivity contribution in [2.75, 3.05) is 0 Å². The molecule has 0 aromatic carbocycles. The molecule has 3 rings (SSSR count). The highest BCUT2D eigenvalue weighted by Crippen LogP contribution is 2.49. The SMILES string of the molecule is CCC(C)c1n[nH]c(C(C)CC)c1C(c1c(C(C)CC)n[nH]c1C(C)CC)c1c(C(C)CC)n[nH]c1C(C)CC. The minimum atomic E-state index is 0.0187. The highest BCUT2D eigenvalue weighted by Gasteiger charge is 2.39. The van der Waals surface area contributed by atoms with Crippen LogP contribution in [0.4, 0.5) is 0 Å². The van der Waals surface area contributed by atoms with Crippen LogP contribution in [0.25, 0.3) is 0 Å². The molecular weight excluding hydrogens is 492 g/mol. The third kappa shape index (κ3) is 5.97. The number of hydrogen-bond acceptors (Lipinski definition) is 3. The molecule has 0 aliphatic rings. The molecule has 3 aromatic rings. The Bertz CT molecular complexity index is 969. The van der Waals surface area contributed by atoms with Crippen LogP contribution in [0.3, 0.4) is 0 Å². The summed E-state index contributed by atoms with van der Waals surface area (Å²) in [4.78, 5) is 0. The quantitative estimate of drug-likeness (QED) is 0.176. The summed E-state index contributed by atoms with van der Waals surface area (Å²) in [7, 11) is 0. The molecule has 3 N–H and O–H groups in total. The second-order valence-electron chi connectivity index (χ2n) is 12.6. The summed E-state index contributed by atoms with van der Waals surface area (Å²) in [6, 6.07) is 0. The van der Waals surface area contributed by atoms with E-state index in [-0.39, 0.29) is 5.92 Å². The molecule has 6 unspecified atom stereocenters. The first kappa shape index (κ1) is 32.1. The van der Waals surface area contributed by atoms with E-state index >= 15 is 0 Å². The maximum atomic E-state index is 5.09. The molecule has 6 heteroatoms. The lowest BCUT2D eigenvalue weighted by molar-refractivity contribution is 0.647. The van der Waals surface area contributed by atoms with Crippen molar-refractivity contribution in [2.24, 2.45) is 0 Å². The monoisotopic (exact) mass is 550 g/mol. The number of nitrogens with one attached hydrogen (secondary N) is 3. The second-order valence-corrected chi connectivity index (χ2v) is 12.6. The normalized spacial score (nSPS) is 17.4. The van der Waals surface area contributed by atoms with Gasteiger partial charge in [-0.2, -0.15) is 15.3 Å². The molecule has 3 aromatic heterocycles. The lowest BCUT2D eigenvalue weighted by Crippen LogP contribution is -2.18. The first-order valence-corrected chi connectivity index (χ1v) is 16.3. The van der Waals surface area contributed by atoms with Crippen LogP contribution in [0.2, 0.25) is 0 Å². The fourth-order valence-electron chi connectivity index (χ4n) is 5.93. The summed E-state index contributed by atoms with van der Waals surface area (Å²) in [5.74, 6) is 2.19. The Morgan fingerprint density at radius 3 is 0.825 bits per heavy atom. The first-order chi connectivity index (χ1) is 19.1. The summed E-state index contributed by atoms with van der Waals surface area (Å²) < 4.78 is 0. The van der Waals surface area contributed by atoms with Crippen molar-refractivity contribution >= 4 is 0 Å². The Hall–Kier alpha value is -2.37. The second kappa shape index (κ2) is 14.0. The van der Waals surface area contributed by atoms with Crippen LogP contribution in [0.5, 0.6) is 0 Å². The van der Waals surface area contributed by atoms with Crippen LogP contribution in [-0.2, 0) is 0 Å². The van der Waals surface area contributed by atoms with Crippen LogP contribution in [0.1, 0.15) is 214 Å². The largest absolute Gasteiger partial charge is 0.282 e. The molecule has 0 fully saturated rings. The van der Waals surface area contributed by atoms with Crippen LogP contribution < -0.4 is 0 Å². The van der Waals surface area contributed by atoms with Crippen molar-refractivity contribution in [3.8, 4) is 0 Å². The summed E-state index contributed by atoms with van der Waals surface area (Å²) in [5.41, 5.74) is 11.6. The van der Waals surface area contributed by atoms with E-state index in [0.29, 0.717) is 35.5 Å². The highest BCUT2D eigenvalue weighted by atomic mass is 15.2. The molecule has 0 radical (unpaired) electrons. The minimum Gasteiger partial charge on any atom is -0.282 e. The molecule has 0 spiro atoms. The lowest BCUT2D eigenvalue weighted by Gasteiger charge is -2.28. The van der Waals surface area contributed by atoms with Gasteiger partial charge in [-0.15, -0.1) is 0 Å². The fourth-order valence-corrected chi connectivity index (χ4v) is 5.93. The van der Waals surface area contributed by atoms with Crippen LogP contribution >= 0.6 is 0 Å². The zero-order valence-electron chi connectivity index (χ0n) is 27.6. The third-order valence-corrected chi connectivity index (χ3v) is 10.0. The van der Waals surface area contributed by atoms with Crippen molar-refractivity contribution in [1.29, 1.82) is 0 Å². The molecule has 0 bridgehead atoms. The van der Waals surface area contributed by atoms with E-state index in [1.807, 2.05) is 0 Å². The van der Waals surface area contributed by atoms with Crippen molar-refractivity contribution < 1.29 is 0 Å². The van der Waals surface area contributed by atoms with Gasteiger partial charge in [-0.1, -0.05) is 83.1 Å². The molecule has 0 saturated carbocycles. The third-order valence-electron chi connectivity index (χ3n) is 10.0. The molecule has 0 aliphatic heterocycles. The number of rotatable bonds is 15. The maximum Gasteiger partial charge on any atom is 0.0694 e. The lowest BCUT2D eigenvalue weighted by atomic mass is 9.73. The van der Waals surface area contributed by atoms with E-state index in [0.717, 1.165) is 38.5 Å². The fraction of sp³-hybridized carbons (Fsp3) is 0.735. The van der Waals surface area contributed by atoms with E-state index in [1.54, 1.807) is 0 Å². The van der Waals surface area contributed by atoms with Gasteiger partial charge in [-0.05, 0) is 56.3 Å². The van der Waals surface area contributed by atoms with Gasteiger partial charge >= 0.3 is 0 Å². The van der Waals surface area contributed by atoms with Gasteiger partial charge in [0.1, 0.15) is 0 Å². The van der Waals surface area contributed by atoms with Crippen LogP contribution in [0, 0.1) is 0 Å². The number of aromatic amines is 3. The topological polar surface area (TPSA) is 86.0 Å². The smallest absolute Gasteiger partial charge is 0.0694 e. The number of H-pyrrole nitrogens is 3. The summed E-state index contributed by atoms with van der Waals surface area (Å²) in [5, 5.41) is 26.0. The Kier molecular flexibility index (Phi) is 11.3. The van der Waals surface area contributed by atoms with Crippen LogP contribution in [0.15, 0.2) is 0 Å². The van der Waals surface area contributed by atoms with Gasteiger partial charge in [-0.25, -0.2) is 0 Å². The number of aromatic nitrogens is 6. The van der Waals surface area contributed by atoms with Gasteiger partial charge in [0.2, 0.25) is 0 Å². The molecule has 6 atom stereocenters. The molecule has 40 heavy (non-hydrogen) atoms. The van der Waals surface area contributed by atoms with Gasteiger partial charge < -0.3 is 0 Å². The summed E-state index contributed by atoms with van der Waals surface area (Å²) >= 11 is 0. The molecular formula is C34H58N6. The first-order valence-electron chi connectivity index (χ1n) is 16.3. The predicted octanol–water partition coefficient (Wildman–Crippen LogP) is 10.1. The molecule has 6 nitrogen and oxygen atoms in total. The zero-order chi connectivity index (χ0) is 29.7. The van der Waals surface area contributed by atoms with Crippen molar-refractivity contribution in [3.05, 3.63) is 50.9 Å². The molecule has 0 saturated heterocycles. The molecule has 0 aliphatic carbocycles.